The molecular weight excluding hydrogens is 298 g/mol. The van der Waals surface area contributed by atoms with Crippen LogP contribution in [0.3, 0.4) is 0 Å². The Balaban J connectivity index is 1.73. The molecule has 3 rings (SSSR count). The summed E-state index contributed by atoms with van der Waals surface area (Å²) in [4.78, 5) is 13.7. The highest BCUT2D eigenvalue weighted by Gasteiger charge is 2.10. The van der Waals surface area contributed by atoms with Crippen LogP contribution in [0.15, 0.2) is 47.9 Å². The summed E-state index contributed by atoms with van der Waals surface area (Å²) in [7, 11) is 0. The van der Waals surface area contributed by atoms with Crippen molar-refractivity contribution in [2.24, 2.45) is 5.16 Å². The van der Waals surface area contributed by atoms with E-state index in [1.165, 1.54) is 11.7 Å². The Morgan fingerprint density at radius 2 is 2.05 bits per heavy atom. The SMILES string of the molecule is Cc1nsnc1-c1cccnc1C=NOCc1ccccn1. The van der Waals surface area contributed by atoms with Gasteiger partial charge >= 0.3 is 0 Å². The fraction of sp³-hybridized carbons (Fsp3) is 0.133. The standard InChI is InChI=1S/C15H13N5OS/c1-11-15(20-22-19-11)13-6-4-8-17-14(13)9-18-21-10-12-5-2-3-7-16-12/h2-9H,10H2,1H3. The molecule has 0 aliphatic heterocycles. The fourth-order valence-electron chi connectivity index (χ4n) is 1.87. The highest BCUT2D eigenvalue weighted by Crippen LogP contribution is 2.22. The zero-order valence-corrected chi connectivity index (χ0v) is 12.7. The van der Waals surface area contributed by atoms with Gasteiger partial charge in [0.15, 0.2) is 6.61 Å². The average molecular weight is 311 g/mol. The number of nitrogens with zero attached hydrogens (tertiary/aromatic N) is 5. The Morgan fingerprint density at radius 3 is 2.82 bits per heavy atom. The number of rotatable bonds is 5. The van der Waals surface area contributed by atoms with E-state index in [-0.39, 0.29) is 0 Å². The monoisotopic (exact) mass is 311 g/mol. The van der Waals surface area contributed by atoms with Crippen LogP contribution in [0, 0.1) is 6.92 Å². The van der Waals surface area contributed by atoms with E-state index < -0.39 is 0 Å². The van der Waals surface area contributed by atoms with Gasteiger partial charge in [0, 0.05) is 18.0 Å². The average Bonchev–Trinajstić information content (AvgIpc) is 2.99. The third-order valence-corrected chi connectivity index (χ3v) is 3.55. The van der Waals surface area contributed by atoms with Crippen molar-refractivity contribution >= 4 is 17.9 Å². The molecule has 6 nitrogen and oxygen atoms in total. The number of oxime groups is 1. The van der Waals surface area contributed by atoms with E-state index in [2.05, 4.69) is 23.9 Å². The first-order valence-electron chi connectivity index (χ1n) is 6.64. The van der Waals surface area contributed by atoms with Gasteiger partial charge in [0.25, 0.3) is 0 Å². The summed E-state index contributed by atoms with van der Waals surface area (Å²) in [5.41, 5.74) is 4.10. The van der Waals surface area contributed by atoms with Crippen molar-refractivity contribution in [1.82, 2.24) is 18.7 Å². The Bertz CT molecular complexity index is 772. The quantitative estimate of drug-likeness (QED) is 0.535. The smallest absolute Gasteiger partial charge is 0.159 e. The maximum atomic E-state index is 5.26. The van der Waals surface area contributed by atoms with Gasteiger partial charge in [-0.1, -0.05) is 11.2 Å². The summed E-state index contributed by atoms with van der Waals surface area (Å²) in [6.07, 6.45) is 5.01. The van der Waals surface area contributed by atoms with Crippen molar-refractivity contribution in [2.75, 3.05) is 0 Å². The van der Waals surface area contributed by atoms with E-state index in [1.54, 1.807) is 18.6 Å². The van der Waals surface area contributed by atoms with Crippen molar-refractivity contribution < 1.29 is 4.84 Å². The topological polar surface area (TPSA) is 73.2 Å². The van der Waals surface area contributed by atoms with Crippen LogP contribution >= 0.6 is 11.7 Å². The van der Waals surface area contributed by atoms with Crippen LogP contribution in [0.2, 0.25) is 0 Å². The van der Waals surface area contributed by atoms with Gasteiger partial charge in [0.1, 0.15) is 5.69 Å². The Kier molecular flexibility index (Phi) is 4.45. The number of hydrogen-bond acceptors (Lipinski definition) is 7. The van der Waals surface area contributed by atoms with Gasteiger partial charge in [-0.2, -0.15) is 8.75 Å². The summed E-state index contributed by atoms with van der Waals surface area (Å²) in [6, 6.07) is 9.45. The molecule has 0 bridgehead atoms. The molecule has 3 aromatic rings. The Labute approximate surface area is 131 Å². The molecule has 0 aliphatic rings. The summed E-state index contributed by atoms with van der Waals surface area (Å²) in [5.74, 6) is 0. The number of aryl methyl sites for hydroxylation is 1. The zero-order valence-electron chi connectivity index (χ0n) is 11.9. The molecule has 0 saturated carbocycles. The van der Waals surface area contributed by atoms with E-state index >= 15 is 0 Å². The van der Waals surface area contributed by atoms with Crippen LogP contribution < -0.4 is 0 Å². The minimum absolute atomic E-state index is 0.316. The lowest BCUT2D eigenvalue weighted by atomic mass is 10.1. The van der Waals surface area contributed by atoms with Gasteiger partial charge in [-0.15, -0.1) is 0 Å². The van der Waals surface area contributed by atoms with E-state index in [0.717, 1.165) is 22.6 Å². The lowest BCUT2D eigenvalue weighted by Gasteiger charge is -2.02. The van der Waals surface area contributed by atoms with Gasteiger partial charge in [-0.05, 0) is 31.2 Å². The maximum Gasteiger partial charge on any atom is 0.159 e. The summed E-state index contributed by atoms with van der Waals surface area (Å²) >= 11 is 1.18. The minimum Gasteiger partial charge on any atom is -0.389 e. The van der Waals surface area contributed by atoms with Crippen molar-refractivity contribution in [1.29, 1.82) is 0 Å². The second kappa shape index (κ2) is 6.86. The molecule has 0 amide bonds. The van der Waals surface area contributed by atoms with Crippen molar-refractivity contribution in [3.05, 3.63) is 59.8 Å². The molecule has 7 heteroatoms. The van der Waals surface area contributed by atoms with Gasteiger partial charge in [-0.25, -0.2) is 0 Å². The van der Waals surface area contributed by atoms with E-state index in [4.69, 9.17) is 4.84 Å². The third-order valence-electron chi connectivity index (χ3n) is 2.93. The molecule has 0 radical (unpaired) electrons. The molecule has 0 N–H and O–H groups in total. The second-order valence-corrected chi connectivity index (χ2v) is 4.99. The highest BCUT2D eigenvalue weighted by molar-refractivity contribution is 6.99. The first-order valence-corrected chi connectivity index (χ1v) is 7.37. The molecule has 3 heterocycles. The maximum absolute atomic E-state index is 5.26. The number of aromatic nitrogens is 4. The minimum atomic E-state index is 0.316. The van der Waals surface area contributed by atoms with Crippen molar-refractivity contribution in [3.8, 4) is 11.3 Å². The first-order chi connectivity index (χ1) is 10.8. The fourth-order valence-corrected chi connectivity index (χ4v) is 2.43. The predicted molar refractivity (Wildman–Crippen MR) is 84.5 cm³/mol. The summed E-state index contributed by atoms with van der Waals surface area (Å²) in [6.45, 7) is 2.24. The van der Waals surface area contributed by atoms with Gasteiger partial charge in [-0.3, -0.25) is 9.97 Å². The van der Waals surface area contributed by atoms with E-state index in [9.17, 15) is 0 Å². The third kappa shape index (κ3) is 3.32. The normalized spacial score (nSPS) is 11.0. The van der Waals surface area contributed by atoms with Crippen LogP contribution in [0.1, 0.15) is 17.1 Å². The van der Waals surface area contributed by atoms with Crippen LogP contribution in [-0.4, -0.2) is 24.9 Å². The molecule has 0 saturated heterocycles. The molecule has 3 aromatic heterocycles. The van der Waals surface area contributed by atoms with Crippen LogP contribution in [-0.2, 0) is 11.4 Å². The molecule has 0 spiro atoms. The molecule has 22 heavy (non-hydrogen) atoms. The molecule has 0 aliphatic carbocycles. The number of hydrogen-bond donors (Lipinski definition) is 0. The van der Waals surface area contributed by atoms with Crippen molar-refractivity contribution in [3.63, 3.8) is 0 Å². The zero-order chi connectivity index (χ0) is 15.2. The first kappa shape index (κ1) is 14.3. The Morgan fingerprint density at radius 1 is 1.14 bits per heavy atom. The molecule has 0 unspecified atom stereocenters. The van der Waals surface area contributed by atoms with E-state index in [0.29, 0.717) is 12.3 Å². The molecule has 0 aromatic carbocycles. The second-order valence-electron chi connectivity index (χ2n) is 4.46. The van der Waals surface area contributed by atoms with Gasteiger partial charge < -0.3 is 4.84 Å². The molecule has 0 fully saturated rings. The lowest BCUT2D eigenvalue weighted by molar-refractivity contribution is 0.129. The summed E-state index contributed by atoms with van der Waals surface area (Å²) in [5, 5.41) is 3.96. The lowest BCUT2D eigenvalue weighted by Crippen LogP contribution is -1.95. The Hall–Kier alpha value is -2.67. The van der Waals surface area contributed by atoms with Crippen LogP contribution in [0.4, 0.5) is 0 Å². The van der Waals surface area contributed by atoms with Gasteiger partial charge in [0.05, 0.1) is 35.0 Å². The predicted octanol–water partition coefficient (Wildman–Crippen LogP) is 2.85. The van der Waals surface area contributed by atoms with Crippen molar-refractivity contribution in [2.45, 2.75) is 13.5 Å². The molecular formula is C15H13N5OS. The van der Waals surface area contributed by atoms with Crippen LogP contribution in [0.25, 0.3) is 11.3 Å². The molecule has 110 valence electrons. The summed E-state index contributed by atoms with van der Waals surface area (Å²) < 4.78 is 8.49. The highest BCUT2D eigenvalue weighted by atomic mass is 32.1. The van der Waals surface area contributed by atoms with Crippen LogP contribution in [0.5, 0.6) is 0 Å². The number of pyridine rings is 2. The molecule has 0 atom stereocenters. The largest absolute Gasteiger partial charge is 0.389 e. The van der Waals surface area contributed by atoms with E-state index in [1.807, 2.05) is 37.3 Å². The van der Waals surface area contributed by atoms with Gasteiger partial charge in [0.2, 0.25) is 0 Å².